The summed E-state index contributed by atoms with van der Waals surface area (Å²) < 4.78 is 31.3. The van der Waals surface area contributed by atoms with Gasteiger partial charge < -0.3 is 9.84 Å². The van der Waals surface area contributed by atoms with Crippen LogP contribution >= 0.6 is 0 Å². The van der Waals surface area contributed by atoms with E-state index < -0.39 is 19.0 Å². The van der Waals surface area contributed by atoms with Gasteiger partial charge in [0.25, 0.3) is 5.92 Å². The molecule has 0 aromatic heterocycles. The second-order valence-corrected chi connectivity index (χ2v) is 2.91. The highest BCUT2D eigenvalue weighted by atomic mass is 19.3. The summed E-state index contributed by atoms with van der Waals surface area (Å²) in [6.45, 7) is -0.537. The zero-order valence-electron chi connectivity index (χ0n) is 7.84. The molecule has 0 saturated carbocycles. The highest BCUT2D eigenvalue weighted by Gasteiger charge is 2.30. The van der Waals surface area contributed by atoms with Crippen molar-refractivity contribution in [2.75, 3.05) is 13.7 Å². The van der Waals surface area contributed by atoms with Crippen molar-refractivity contribution in [1.82, 2.24) is 0 Å². The second-order valence-electron chi connectivity index (χ2n) is 2.91. The predicted octanol–water partition coefficient (Wildman–Crippen LogP) is 2.17. The van der Waals surface area contributed by atoms with Crippen molar-refractivity contribution in [3.8, 4) is 5.75 Å². The van der Waals surface area contributed by atoms with E-state index in [-0.39, 0.29) is 5.56 Å². The van der Waals surface area contributed by atoms with Crippen molar-refractivity contribution in [3.63, 3.8) is 0 Å². The Morgan fingerprint density at radius 3 is 2.71 bits per heavy atom. The molecule has 0 spiro atoms. The Kier molecular flexibility index (Phi) is 3.41. The van der Waals surface area contributed by atoms with Gasteiger partial charge in [-0.1, -0.05) is 12.1 Å². The van der Waals surface area contributed by atoms with Gasteiger partial charge in [0.2, 0.25) is 0 Å². The third-order valence-corrected chi connectivity index (χ3v) is 1.92. The maximum atomic E-state index is 13.3. The lowest BCUT2D eigenvalue weighted by atomic mass is 10.1. The van der Waals surface area contributed by atoms with Gasteiger partial charge in [-0.3, -0.25) is 0 Å². The van der Waals surface area contributed by atoms with E-state index in [4.69, 9.17) is 9.84 Å². The quantitative estimate of drug-likeness (QED) is 0.810. The molecular weight excluding hydrogens is 190 g/mol. The lowest BCUT2D eigenvalue weighted by Crippen LogP contribution is -2.15. The van der Waals surface area contributed by atoms with Crippen LogP contribution in [0.1, 0.15) is 12.0 Å². The zero-order valence-corrected chi connectivity index (χ0v) is 7.84. The molecule has 1 N–H and O–H groups in total. The number of rotatable bonds is 4. The first-order valence-electron chi connectivity index (χ1n) is 4.23. The Labute approximate surface area is 81.1 Å². The lowest BCUT2D eigenvalue weighted by molar-refractivity contribution is -0.0271. The molecule has 2 nitrogen and oxygen atoms in total. The molecule has 0 aliphatic heterocycles. The van der Waals surface area contributed by atoms with Gasteiger partial charge in [-0.25, -0.2) is 8.78 Å². The van der Waals surface area contributed by atoms with E-state index in [1.807, 2.05) is 0 Å². The fourth-order valence-corrected chi connectivity index (χ4v) is 1.14. The average Bonchev–Trinajstić information content (AvgIpc) is 2.18. The Hall–Kier alpha value is -1.16. The van der Waals surface area contributed by atoms with Crippen LogP contribution in [-0.2, 0) is 5.92 Å². The zero-order chi connectivity index (χ0) is 10.6. The first-order chi connectivity index (χ1) is 6.60. The third-order valence-electron chi connectivity index (χ3n) is 1.92. The predicted molar refractivity (Wildman–Crippen MR) is 48.6 cm³/mol. The second kappa shape index (κ2) is 4.37. The van der Waals surface area contributed by atoms with Gasteiger partial charge in [0, 0.05) is 18.6 Å². The number of aliphatic hydroxyl groups is 1. The number of ether oxygens (including phenoxy) is 1. The molecule has 14 heavy (non-hydrogen) atoms. The normalized spacial score (nSPS) is 11.4. The van der Waals surface area contributed by atoms with Crippen LogP contribution < -0.4 is 4.74 Å². The third kappa shape index (κ3) is 2.42. The Balaban J connectivity index is 2.93. The van der Waals surface area contributed by atoms with Crippen molar-refractivity contribution in [3.05, 3.63) is 29.8 Å². The first-order valence-corrected chi connectivity index (χ1v) is 4.23. The van der Waals surface area contributed by atoms with Crippen LogP contribution in [0, 0.1) is 0 Å². The summed E-state index contributed by atoms with van der Waals surface area (Å²) in [5.74, 6) is -2.61. The Morgan fingerprint density at radius 2 is 2.14 bits per heavy atom. The molecule has 0 bridgehead atoms. The molecule has 1 aromatic carbocycles. The molecule has 0 radical (unpaired) electrons. The summed E-state index contributed by atoms with van der Waals surface area (Å²) >= 11 is 0. The Morgan fingerprint density at radius 1 is 1.43 bits per heavy atom. The Bertz CT molecular complexity index is 300. The highest BCUT2D eigenvalue weighted by molar-refractivity contribution is 5.31. The van der Waals surface area contributed by atoms with Crippen LogP contribution in [0.2, 0.25) is 0 Å². The minimum absolute atomic E-state index is 0.133. The van der Waals surface area contributed by atoms with Crippen molar-refractivity contribution in [1.29, 1.82) is 0 Å². The van der Waals surface area contributed by atoms with Gasteiger partial charge >= 0.3 is 0 Å². The van der Waals surface area contributed by atoms with Gasteiger partial charge in [0.15, 0.2) is 0 Å². The maximum Gasteiger partial charge on any atom is 0.275 e. The molecular formula is C10H12F2O2. The van der Waals surface area contributed by atoms with Crippen LogP contribution in [0.3, 0.4) is 0 Å². The number of halogens is 2. The maximum absolute atomic E-state index is 13.3. The number of aliphatic hydroxyl groups excluding tert-OH is 1. The molecule has 1 aromatic rings. The molecule has 0 atom stereocenters. The monoisotopic (exact) mass is 202 g/mol. The van der Waals surface area contributed by atoms with Crippen LogP contribution in [0.25, 0.3) is 0 Å². The number of methoxy groups -OCH3 is 1. The number of benzene rings is 1. The average molecular weight is 202 g/mol. The van der Waals surface area contributed by atoms with Crippen LogP contribution in [-0.4, -0.2) is 18.8 Å². The molecule has 0 aliphatic rings. The molecule has 0 saturated heterocycles. The van der Waals surface area contributed by atoms with E-state index >= 15 is 0 Å². The summed E-state index contributed by atoms with van der Waals surface area (Å²) in [5.41, 5.74) is -0.133. The smallest absolute Gasteiger partial charge is 0.275 e. The van der Waals surface area contributed by atoms with Crippen molar-refractivity contribution < 1.29 is 18.6 Å². The fraction of sp³-hybridized carbons (Fsp3) is 0.400. The number of hydrogen-bond acceptors (Lipinski definition) is 2. The van der Waals surface area contributed by atoms with Crippen LogP contribution in [0.5, 0.6) is 5.75 Å². The number of alkyl halides is 2. The minimum atomic E-state index is -3.00. The molecule has 78 valence electrons. The van der Waals surface area contributed by atoms with Gasteiger partial charge in [-0.15, -0.1) is 0 Å². The van der Waals surface area contributed by atoms with E-state index in [0.29, 0.717) is 5.75 Å². The highest BCUT2D eigenvalue weighted by Crippen LogP contribution is 2.32. The van der Waals surface area contributed by atoms with Gasteiger partial charge in [0.1, 0.15) is 5.75 Å². The molecule has 1 rings (SSSR count). The summed E-state index contributed by atoms with van der Waals surface area (Å²) in [6.07, 6.45) is -0.569. The molecule has 4 heteroatoms. The summed E-state index contributed by atoms with van der Waals surface area (Å²) in [6, 6.07) is 5.69. The van der Waals surface area contributed by atoms with Gasteiger partial charge in [0.05, 0.1) is 7.11 Å². The van der Waals surface area contributed by atoms with Crippen molar-refractivity contribution >= 4 is 0 Å². The van der Waals surface area contributed by atoms with E-state index in [9.17, 15) is 8.78 Å². The van der Waals surface area contributed by atoms with Gasteiger partial charge in [-0.2, -0.15) is 0 Å². The number of hydrogen-bond donors (Lipinski definition) is 1. The molecule has 0 amide bonds. The van der Waals surface area contributed by atoms with E-state index in [0.717, 1.165) is 0 Å². The summed E-state index contributed by atoms with van der Waals surface area (Å²) in [4.78, 5) is 0. The van der Waals surface area contributed by atoms with Crippen molar-refractivity contribution in [2.24, 2.45) is 0 Å². The molecule has 0 fully saturated rings. The van der Waals surface area contributed by atoms with E-state index in [1.165, 1.54) is 25.3 Å². The molecule has 0 aliphatic carbocycles. The topological polar surface area (TPSA) is 29.5 Å². The van der Waals surface area contributed by atoms with Crippen molar-refractivity contribution in [2.45, 2.75) is 12.3 Å². The molecule has 0 unspecified atom stereocenters. The fourth-order valence-electron chi connectivity index (χ4n) is 1.14. The van der Waals surface area contributed by atoms with Gasteiger partial charge in [-0.05, 0) is 12.1 Å². The lowest BCUT2D eigenvalue weighted by Gasteiger charge is -2.15. The largest absolute Gasteiger partial charge is 0.497 e. The SMILES string of the molecule is COc1cccc(C(F)(F)CCO)c1. The minimum Gasteiger partial charge on any atom is -0.497 e. The molecule has 0 heterocycles. The first kappa shape index (κ1) is 10.9. The van der Waals surface area contributed by atoms with E-state index in [1.54, 1.807) is 6.07 Å². The van der Waals surface area contributed by atoms with E-state index in [2.05, 4.69) is 0 Å². The standard InChI is InChI=1S/C10H12F2O2/c1-14-9-4-2-3-8(7-9)10(11,12)5-6-13/h2-4,7,13H,5-6H2,1H3. The van der Waals surface area contributed by atoms with Crippen LogP contribution in [0.4, 0.5) is 8.78 Å². The van der Waals surface area contributed by atoms with Crippen LogP contribution in [0.15, 0.2) is 24.3 Å². The summed E-state index contributed by atoms with van der Waals surface area (Å²) in [5, 5.41) is 8.48. The summed E-state index contributed by atoms with van der Waals surface area (Å²) in [7, 11) is 1.42.